The predicted molar refractivity (Wildman–Crippen MR) is 109 cm³/mol. The first kappa shape index (κ1) is 17.5. The number of carbonyl (C=O) groups is 1. The van der Waals surface area contributed by atoms with Gasteiger partial charge in [-0.2, -0.15) is 9.36 Å². The van der Waals surface area contributed by atoms with Gasteiger partial charge < -0.3 is 9.88 Å². The van der Waals surface area contributed by atoms with E-state index >= 15 is 0 Å². The van der Waals surface area contributed by atoms with E-state index in [-0.39, 0.29) is 12.1 Å². The highest BCUT2D eigenvalue weighted by Gasteiger charge is 2.35. The number of amides is 2. The standard InChI is InChI=1S/C20H17N7OS/c28-20(25-19-24-18(26-29-19)13-6-2-1-3-7-13)27-11-9-14-16(23-12-22-14)17(27)15-8-4-5-10-21-15/h1-8,10,12,17H,9,11H2,(H,22,23)(H,24,25,26,28). The van der Waals surface area contributed by atoms with Crippen LogP contribution in [0.3, 0.4) is 0 Å². The van der Waals surface area contributed by atoms with Crippen molar-refractivity contribution in [1.29, 1.82) is 0 Å². The summed E-state index contributed by atoms with van der Waals surface area (Å²) in [4.78, 5) is 31.4. The zero-order valence-corrected chi connectivity index (χ0v) is 16.1. The van der Waals surface area contributed by atoms with Gasteiger partial charge in [-0.25, -0.2) is 9.78 Å². The van der Waals surface area contributed by atoms with Crippen LogP contribution in [0.15, 0.2) is 61.1 Å². The molecule has 2 amide bonds. The SMILES string of the molecule is O=C(Nc1nc(-c2ccccc2)ns1)N1CCc2[nH]cnc2C1c1ccccn1. The molecule has 0 fully saturated rings. The molecule has 8 nitrogen and oxygen atoms in total. The number of imidazole rings is 1. The van der Waals surface area contributed by atoms with Crippen LogP contribution in [0, 0.1) is 0 Å². The Hall–Kier alpha value is -3.59. The zero-order valence-electron chi connectivity index (χ0n) is 15.3. The fraction of sp³-hybridized carbons (Fsp3) is 0.150. The molecule has 1 atom stereocenters. The fourth-order valence-corrected chi connectivity index (χ4v) is 4.05. The normalized spacial score (nSPS) is 15.7. The highest BCUT2D eigenvalue weighted by Crippen LogP contribution is 2.33. The van der Waals surface area contributed by atoms with Gasteiger partial charge in [0, 0.05) is 42.0 Å². The van der Waals surface area contributed by atoms with Crippen LogP contribution in [0.25, 0.3) is 11.4 Å². The molecule has 0 aliphatic carbocycles. The summed E-state index contributed by atoms with van der Waals surface area (Å²) in [6.07, 6.45) is 4.10. The maximum Gasteiger partial charge on any atom is 0.324 e. The quantitative estimate of drug-likeness (QED) is 0.545. The van der Waals surface area contributed by atoms with E-state index in [1.807, 2.05) is 48.5 Å². The fourth-order valence-electron chi connectivity index (χ4n) is 3.47. The van der Waals surface area contributed by atoms with Gasteiger partial charge in [0.15, 0.2) is 5.82 Å². The molecule has 0 saturated carbocycles. The van der Waals surface area contributed by atoms with Gasteiger partial charge in [0.1, 0.15) is 6.04 Å². The van der Waals surface area contributed by atoms with Crippen molar-refractivity contribution in [2.24, 2.45) is 0 Å². The monoisotopic (exact) mass is 403 g/mol. The van der Waals surface area contributed by atoms with Crippen LogP contribution in [-0.4, -0.2) is 41.8 Å². The van der Waals surface area contributed by atoms with Gasteiger partial charge in [0.25, 0.3) is 0 Å². The molecule has 1 aromatic carbocycles. The third-order valence-corrected chi connectivity index (χ3v) is 5.46. The van der Waals surface area contributed by atoms with Crippen LogP contribution in [-0.2, 0) is 6.42 Å². The van der Waals surface area contributed by atoms with Crippen molar-refractivity contribution in [3.63, 3.8) is 0 Å². The van der Waals surface area contributed by atoms with Crippen molar-refractivity contribution < 1.29 is 4.79 Å². The number of pyridine rings is 1. The number of nitrogens with zero attached hydrogens (tertiary/aromatic N) is 5. The molecule has 1 unspecified atom stereocenters. The molecule has 0 radical (unpaired) electrons. The zero-order chi connectivity index (χ0) is 19.6. The van der Waals surface area contributed by atoms with Crippen LogP contribution in [0.5, 0.6) is 0 Å². The van der Waals surface area contributed by atoms with Crippen LogP contribution >= 0.6 is 11.5 Å². The van der Waals surface area contributed by atoms with Crippen molar-refractivity contribution in [3.8, 4) is 11.4 Å². The Labute approximate surface area is 170 Å². The smallest absolute Gasteiger partial charge is 0.324 e. The highest BCUT2D eigenvalue weighted by molar-refractivity contribution is 7.10. The van der Waals surface area contributed by atoms with Crippen LogP contribution in [0.4, 0.5) is 9.93 Å². The lowest BCUT2D eigenvalue weighted by atomic mass is 10.00. The van der Waals surface area contributed by atoms with Crippen LogP contribution in [0.2, 0.25) is 0 Å². The van der Waals surface area contributed by atoms with Crippen LogP contribution < -0.4 is 5.32 Å². The summed E-state index contributed by atoms with van der Waals surface area (Å²) in [5, 5.41) is 3.35. The van der Waals surface area contributed by atoms with Gasteiger partial charge in [-0.15, -0.1) is 0 Å². The number of aromatic amines is 1. The number of H-pyrrole nitrogens is 1. The van der Waals surface area contributed by atoms with Crippen LogP contribution in [0.1, 0.15) is 23.1 Å². The van der Waals surface area contributed by atoms with E-state index in [1.165, 1.54) is 0 Å². The number of anilines is 1. The first-order valence-electron chi connectivity index (χ1n) is 9.19. The van der Waals surface area contributed by atoms with Gasteiger partial charge >= 0.3 is 6.03 Å². The van der Waals surface area contributed by atoms with E-state index in [0.29, 0.717) is 23.9 Å². The number of rotatable bonds is 3. The topological polar surface area (TPSA) is 99.7 Å². The minimum absolute atomic E-state index is 0.245. The third kappa shape index (κ3) is 3.36. The van der Waals surface area contributed by atoms with E-state index in [4.69, 9.17) is 0 Å². The predicted octanol–water partition coefficient (Wildman–Crippen LogP) is 3.50. The molecule has 0 spiro atoms. The lowest BCUT2D eigenvalue weighted by molar-refractivity contribution is 0.191. The Bertz CT molecular complexity index is 1130. The van der Waals surface area contributed by atoms with Gasteiger partial charge in [-0.1, -0.05) is 36.4 Å². The third-order valence-electron chi connectivity index (χ3n) is 4.83. The van der Waals surface area contributed by atoms with E-state index < -0.39 is 0 Å². The molecule has 3 aromatic heterocycles. The second kappa shape index (κ2) is 7.44. The number of fused-ring (bicyclic) bond motifs is 1. The number of nitrogens with one attached hydrogen (secondary N) is 2. The average Bonchev–Trinajstić information content (AvgIpc) is 3.43. The molecule has 9 heteroatoms. The molecule has 4 heterocycles. The van der Waals surface area contributed by atoms with Crippen molar-refractivity contribution in [2.75, 3.05) is 11.9 Å². The molecule has 2 N–H and O–H groups in total. The molecule has 0 bridgehead atoms. The summed E-state index contributed by atoms with van der Waals surface area (Å²) < 4.78 is 4.36. The number of urea groups is 1. The summed E-state index contributed by atoms with van der Waals surface area (Å²) >= 11 is 1.16. The maximum atomic E-state index is 13.1. The number of hydrogen-bond donors (Lipinski definition) is 2. The summed E-state index contributed by atoms with van der Waals surface area (Å²) in [7, 11) is 0. The Morgan fingerprint density at radius 2 is 2.00 bits per heavy atom. The van der Waals surface area contributed by atoms with Crippen molar-refractivity contribution in [1.82, 2.24) is 29.2 Å². The molecule has 1 aliphatic rings. The number of hydrogen-bond acceptors (Lipinski definition) is 6. The summed E-state index contributed by atoms with van der Waals surface area (Å²) in [6.45, 7) is 0.548. The molecular weight excluding hydrogens is 386 g/mol. The van der Waals surface area contributed by atoms with Gasteiger partial charge in [0.2, 0.25) is 5.13 Å². The number of aromatic nitrogens is 5. The number of carbonyl (C=O) groups excluding carboxylic acids is 1. The summed E-state index contributed by atoms with van der Waals surface area (Å²) in [5.41, 5.74) is 3.55. The Morgan fingerprint density at radius 1 is 1.14 bits per heavy atom. The Morgan fingerprint density at radius 3 is 2.83 bits per heavy atom. The largest absolute Gasteiger partial charge is 0.348 e. The molecule has 29 heavy (non-hydrogen) atoms. The van der Waals surface area contributed by atoms with Crippen molar-refractivity contribution in [2.45, 2.75) is 12.5 Å². The highest BCUT2D eigenvalue weighted by atomic mass is 32.1. The minimum Gasteiger partial charge on any atom is -0.348 e. The first-order chi connectivity index (χ1) is 14.3. The Kier molecular flexibility index (Phi) is 4.49. The second-order valence-electron chi connectivity index (χ2n) is 6.59. The van der Waals surface area contributed by atoms with E-state index in [0.717, 1.165) is 34.2 Å². The molecule has 0 saturated heterocycles. The average molecular weight is 403 g/mol. The lowest BCUT2D eigenvalue weighted by Crippen LogP contribution is -2.43. The number of benzene rings is 1. The van der Waals surface area contributed by atoms with E-state index in [1.54, 1.807) is 17.4 Å². The summed E-state index contributed by atoms with van der Waals surface area (Å²) in [6, 6.07) is 14.8. The second-order valence-corrected chi connectivity index (χ2v) is 7.34. The van der Waals surface area contributed by atoms with E-state index in [2.05, 4.69) is 29.6 Å². The molecule has 5 rings (SSSR count). The van der Waals surface area contributed by atoms with E-state index in [9.17, 15) is 4.79 Å². The molecule has 1 aliphatic heterocycles. The first-order valence-corrected chi connectivity index (χ1v) is 9.97. The van der Waals surface area contributed by atoms with Gasteiger partial charge in [-0.05, 0) is 12.1 Å². The molecular formula is C20H17N7OS. The van der Waals surface area contributed by atoms with Crippen molar-refractivity contribution in [3.05, 3.63) is 78.1 Å². The summed E-state index contributed by atoms with van der Waals surface area (Å²) in [5.74, 6) is 0.598. The van der Waals surface area contributed by atoms with Crippen molar-refractivity contribution >= 4 is 22.7 Å². The molecule has 144 valence electrons. The van der Waals surface area contributed by atoms with Gasteiger partial charge in [-0.3, -0.25) is 10.3 Å². The van der Waals surface area contributed by atoms with Gasteiger partial charge in [0.05, 0.1) is 17.7 Å². The Balaban J connectivity index is 1.41. The minimum atomic E-state index is -0.354. The lowest BCUT2D eigenvalue weighted by Gasteiger charge is -2.34. The molecule has 4 aromatic rings. The maximum absolute atomic E-state index is 13.1.